The van der Waals surface area contributed by atoms with E-state index in [-0.39, 0.29) is 0 Å². The van der Waals surface area contributed by atoms with Crippen LogP contribution >= 0.6 is 7.26 Å². The van der Waals surface area contributed by atoms with E-state index in [0.29, 0.717) is 5.92 Å². The molecule has 4 aromatic carbocycles. The summed E-state index contributed by atoms with van der Waals surface area (Å²) >= 11 is 0. The molecule has 0 atom stereocenters. The van der Waals surface area contributed by atoms with E-state index in [9.17, 15) is 0 Å². The molecule has 0 bridgehead atoms. The van der Waals surface area contributed by atoms with Crippen molar-refractivity contribution in [2.75, 3.05) is 0 Å². The van der Waals surface area contributed by atoms with E-state index in [1.807, 2.05) is 0 Å². The molecule has 0 unspecified atom stereocenters. The van der Waals surface area contributed by atoms with Gasteiger partial charge in [-0.15, -0.1) is 0 Å². The molecule has 29 heavy (non-hydrogen) atoms. The molecule has 0 nitrogen and oxygen atoms in total. The Kier molecular flexibility index (Phi) is 5.65. The zero-order valence-electron chi connectivity index (χ0n) is 17.5. The summed E-state index contributed by atoms with van der Waals surface area (Å²) in [6.45, 7) is 6.84. The first-order valence-corrected chi connectivity index (χ1v) is 12.4. The Morgan fingerprint density at radius 1 is 0.552 bits per heavy atom. The Balaban J connectivity index is 2.19. The van der Waals surface area contributed by atoms with Crippen LogP contribution in [-0.2, 0) is 0 Å². The summed E-state index contributed by atoms with van der Waals surface area (Å²) in [5.74, 6) is 0.466. The summed E-state index contributed by atoms with van der Waals surface area (Å²) in [7, 11) is -2.43. The van der Waals surface area contributed by atoms with Crippen LogP contribution in [0.3, 0.4) is 0 Å². The molecule has 4 rings (SSSR count). The predicted octanol–water partition coefficient (Wildman–Crippen LogP) is 5.47. The topological polar surface area (TPSA) is 0 Å². The van der Waals surface area contributed by atoms with Crippen molar-refractivity contribution in [2.24, 2.45) is 0 Å². The monoisotopic (exact) mass is 396 g/mol. The third-order valence-electron chi connectivity index (χ3n) is 5.85. The molecule has 0 saturated carbocycles. The minimum absolute atomic E-state index is 0.466. The van der Waals surface area contributed by atoms with Crippen molar-refractivity contribution < 1.29 is 0 Å². The normalized spacial score (nSPS) is 12.1. The molecule has 0 aliphatic heterocycles. The average Bonchev–Trinajstić information content (AvgIpc) is 2.77. The molecule has 0 saturated heterocycles. The maximum absolute atomic E-state index is 2.43. The van der Waals surface area contributed by atoms with Gasteiger partial charge in [0.1, 0.15) is 0 Å². The molecule has 0 aliphatic carbocycles. The van der Waals surface area contributed by atoms with Gasteiger partial charge in [0.15, 0.2) is 0 Å². The van der Waals surface area contributed by atoms with Crippen LogP contribution in [0.25, 0.3) is 0 Å². The Hall–Kier alpha value is -2.69. The third-order valence-corrected chi connectivity index (χ3v) is 10.7. The summed E-state index contributed by atoms with van der Waals surface area (Å²) in [4.78, 5) is 0. The van der Waals surface area contributed by atoms with Crippen molar-refractivity contribution in [1.82, 2.24) is 0 Å². The van der Waals surface area contributed by atoms with Crippen LogP contribution in [0.15, 0.2) is 109 Å². The van der Waals surface area contributed by atoms with Crippen molar-refractivity contribution in [2.45, 2.75) is 26.7 Å². The number of hydrogen-bond donors (Lipinski definition) is 0. The number of aryl methyl sites for hydroxylation is 1. The van der Waals surface area contributed by atoms with Crippen molar-refractivity contribution in [3.8, 4) is 0 Å². The van der Waals surface area contributed by atoms with Crippen molar-refractivity contribution in [3.63, 3.8) is 0 Å². The molecular weight excluding hydrogens is 367 g/mol. The fourth-order valence-electron chi connectivity index (χ4n) is 4.53. The quantitative estimate of drug-likeness (QED) is 0.393. The Labute approximate surface area is 175 Å². The van der Waals surface area contributed by atoms with Crippen molar-refractivity contribution in [1.29, 1.82) is 0 Å². The van der Waals surface area contributed by atoms with Crippen LogP contribution in [0.1, 0.15) is 30.9 Å². The molecule has 0 amide bonds. The van der Waals surface area contributed by atoms with Crippen LogP contribution in [0, 0.1) is 6.92 Å². The second-order valence-electron chi connectivity index (χ2n) is 8.09. The second-order valence-corrected chi connectivity index (χ2v) is 11.9. The second kappa shape index (κ2) is 8.36. The molecule has 0 aliphatic rings. The van der Waals surface area contributed by atoms with E-state index in [1.54, 1.807) is 0 Å². The van der Waals surface area contributed by atoms with Gasteiger partial charge < -0.3 is 0 Å². The zero-order chi connectivity index (χ0) is 20.3. The van der Waals surface area contributed by atoms with Gasteiger partial charge in [0.05, 0.1) is 0 Å². The van der Waals surface area contributed by atoms with Crippen LogP contribution in [0.4, 0.5) is 0 Å². The van der Waals surface area contributed by atoms with Crippen LogP contribution < -0.4 is 21.2 Å². The summed E-state index contributed by atoms with van der Waals surface area (Å²) < 4.78 is 0. The third kappa shape index (κ3) is 3.54. The van der Waals surface area contributed by atoms with E-state index < -0.39 is 7.26 Å². The van der Waals surface area contributed by atoms with Gasteiger partial charge in [-0.05, 0) is 0 Å². The van der Waals surface area contributed by atoms with Gasteiger partial charge in [-0.1, -0.05) is 0 Å². The van der Waals surface area contributed by atoms with Gasteiger partial charge in [0.2, 0.25) is 0 Å². The van der Waals surface area contributed by atoms with Gasteiger partial charge in [-0.25, -0.2) is 0 Å². The molecule has 0 aromatic heterocycles. The average molecular weight is 397 g/mol. The van der Waals surface area contributed by atoms with Crippen molar-refractivity contribution >= 4 is 28.5 Å². The van der Waals surface area contributed by atoms with Gasteiger partial charge in [-0.3, -0.25) is 0 Å². The maximum atomic E-state index is 2.41. The first-order valence-electron chi connectivity index (χ1n) is 10.4. The molecule has 0 N–H and O–H groups in total. The summed E-state index contributed by atoms with van der Waals surface area (Å²) in [5.41, 5.74) is 2.79. The van der Waals surface area contributed by atoms with Gasteiger partial charge in [0, 0.05) is 0 Å². The minimum atomic E-state index is -2.43. The van der Waals surface area contributed by atoms with Gasteiger partial charge >= 0.3 is 175 Å². The fourth-order valence-corrected chi connectivity index (χ4v) is 9.67. The molecule has 0 radical (unpaired) electrons. The van der Waals surface area contributed by atoms with E-state index in [0.717, 1.165) is 0 Å². The summed E-state index contributed by atoms with van der Waals surface area (Å²) in [5, 5.41) is 5.80. The Morgan fingerprint density at radius 3 is 1.34 bits per heavy atom. The summed E-state index contributed by atoms with van der Waals surface area (Å²) in [6.07, 6.45) is 0. The number of benzene rings is 4. The molecule has 1 heteroatoms. The summed E-state index contributed by atoms with van der Waals surface area (Å²) in [6, 6.07) is 40.6. The van der Waals surface area contributed by atoms with E-state index in [2.05, 4.69) is 130 Å². The van der Waals surface area contributed by atoms with Crippen LogP contribution in [0.5, 0.6) is 0 Å². The predicted molar refractivity (Wildman–Crippen MR) is 131 cm³/mol. The van der Waals surface area contributed by atoms with Crippen molar-refractivity contribution in [3.05, 3.63) is 120 Å². The van der Waals surface area contributed by atoms with Crippen LogP contribution in [0.2, 0.25) is 0 Å². The van der Waals surface area contributed by atoms with Gasteiger partial charge in [0.25, 0.3) is 0 Å². The molecule has 146 valence electrons. The van der Waals surface area contributed by atoms with E-state index in [1.165, 1.54) is 32.3 Å². The van der Waals surface area contributed by atoms with E-state index in [4.69, 9.17) is 0 Å². The molecule has 0 fully saturated rings. The SMILES string of the molecule is Cc1ccc([PH](c2ccccc2)(c2ccccc2)c2ccccc2)c(C(C)C)c1. The fraction of sp³-hybridized carbons (Fsp3) is 0.143. The molecule has 0 heterocycles. The number of hydrogen-bond acceptors (Lipinski definition) is 0. The first-order chi connectivity index (χ1) is 14.1. The Morgan fingerprint density at radius 2 is 0.966 bits per heavy atom. The zero-order valence-corrected chi connectivity index (χ0v) is 18.5. The standard InChI is InChI=1S/C28H29P/c1-22(2)27-21-23(3)19-20-28(27)29(24-13-7-4-8-14-24,25-15-9-5-10-16-25)26-17-11-6-12-18-26/h4-22,29H,1-3H3. The first kappa shape index (κ1) is 19.6. The van der Waals surface area contributed by atoms with Gasteiger partial charge in [-0.2, -0.15) is 0 Å². The molecule has 4 aromatic rings. The molecule has 0 spiro atoms. The number of rotatable bonds is 5. The van der Waals surface area contributed by atoms with E-state index >= 15 is 0 Å². The van der Waals surface area contributed by atoms with Crippen LogP contribution in [-0.4, -0.2) is 0 Å². The Bertz CT molecular complexity index is 970. The molecular formula is C28H29P.